The first kappa shape index (κ1) is 21.7. The van der Waals surface area contributed by atoms with Crippen LogP contribution in [0.25, 0.3) is 0 Å². The zero-order chi connectivity index (χ0) is 24.0. The number of halogens is 1. The Morgan fingerprint density at radius 2 is 1.88 bits per heavy atom. The Morgan fingerprint density at radius 1 is 1.18 bits per heavy atom. The highest BCUT2D eigenvalue weighted by Gasteiger charge is 2.59. The molecule has 9 nitrogen and oxygen atoms in total. The van der Waals surface area contributed by atoms with Crippen LogP contribution < -0.4 is 9.47 Å². The van der Waals surface area contributed by atoms with E-state index in [0.717, 1.165) is 11.4 Å². The minimum atomic E-state index is -0.638. The zero-order valence-corrected chi connectivity index (χ0v) is 18.1. The lowest BCUT2D eigenvalue weighted by atomic mass is 9.85. The molecular formula is C24H20FN3O6. The number of amides is 2. The van der Waals surface area contributed by atoms with Crippen molar-refractivity contribution >= 4 is 23.7 Å². The minimum absolute atomic E-state index is 0.0577. The van der Waals surface area contributed by atoms with Crippen LogP contribution >= 0.6 is 0 Å². The first-order valence-electron chi connectivity index (χ1n) is 10.7. The predicted molar refractivity (Wildman–Crippen MR) is 118 cm³/mol. The number of nitro benzene ring substituents is 1. The summed E-state index contributed by atoms with van der Waals surface area (Å²) in [4.78, 5) is 36.7. The molecule has 2 aliphatic carbocycles. The molecule has 4 atom stereocenters. The summed E-state index contributed by atoms with van der Waals surface area (Å²) in [6.45, 7) is -0.113. The summed E-state index contributed by atoms with van der Waals surface area (Å²) in [5.41, 5.74) is 0.345. The van der Waals surface area contributed by atoms with Crippen molar-refractivity contribution < 1.29 is 28.4 Å². The monoisotopic (exact) mass is 465 g/mol. The van der Waals surface area contributed by atoms with Crippen molar-refractivity contribution in [1.29, 1.82) is 0 Å². The quantitative estimate of drug-likeness (QED) is 0.204. The summed E-state index contributed by atoms with van der Waals surface area (Å²) in [5.74, 6) is -1.87. The van der Waals surface area contributed by atoms with Gasteiger partial charge in [0.05, 0.1) is 30.1 Å². The summed E-state index contributed by atoms with van der Waals surface area (Å²) >= 11 is 0. The molecule has 1 heterocycles. The first-order chi connectivity index (χ1) is 16.4. The van der Waals surface area contributed by atoms with Gasteiger partial charge in [0.1, 0.15) is 12.4 Å². The molecule has 0 aromatic heterocycles. The standard InChI is InChI=1S/C24H20FN3O6/c1-33-19-9-14(8-18(28(31)32)22(19)34-12-13-3-2-4-17(25)7-13)11-26-27-23(29)20-15-5-6-16(10-15)21(20)24(27)30/h2-9,11,15-16,20-21H,10,12H2,1H3. The molecular weight excluding hydrogens is 445 g/mol. The average molecular weight is 465 g/mol. The lowest BCUT2D eigenvalue weighted by Gasteiger charge is -2.13. The molecule has 4 unspecified atom stereocenters. The number of allylic oxidation sites excluding steroid dienone is 2. The molecule has 34 heavy (non-hydrogen) atoms. The minimum Gasteiger partial charge on any atom is -0.493 e. The van der Waals surface area contributed by atoms with Gasteiger partial charge in [0.2, 0.25) is 5.75 Å². The van der Waals surface area contributed by atoms with Gasteiger partial charge < -0.3 is 9.47 Å². The topological polar surface area (TPSA) is 111 Å². The first-order valence-corrected chi connectivity index (χ1v) is 10.7. The van der Waals surface area contributed by atoms with Crippen molar-refractivity contribution in [3.05, 3.63) is 75.6 Å². The summed E-state index contributed by atoms with van der Waals surface area (Å²) in [6, 6.07) is 8.35. The second-order valence-corrected chi connectivity index (χ2v) is 8.48. The molecule has 2 amide bonds. The Hall–Kier alpha value is -4.08. The van der Waals surface area contributed by atoms with Crippen LogP contribution in [-0.4, -0.2) is 35.1 Å². The molecule has 2 aromatic carbocycles. The van der Waals surface area contributed by atoms with E-state index in [1.54, 1.807) is 6.07 Å². The number of carbonyl (C=O) groups is 2. The third kappa shape index (κ3) is 3.60. The number of rotatable bonds is 7. The summed E-state index contributed by atoms with van der Waals surface area (Å²) in [6.07, 6.45) is 6.00. The van der Waals surface area contributed by atoms with Gasteiger partial charge >= 0.3 is 5.69 Å². The Kier molecular flexibility index (Phi) is 5.35. The van der Waals surface area contributed by atoms with Gasteiger partial charge in [0, 0.05) is 11.6 Å². The highest BCUT2D eigenvalue weighted by Crippen LogP contribution is 2.52. The molecule has 10 heteroatoms. The van der Waals surface area contributed by atoms with Crippen molar-refractivity contribution in [2.75, 3.05) is 7.11 Å². The van der Waals surface area contributed by atoms with Gasteiger partial charge in [-0.25, -0.2) is 4.39 Å². The van der Waals surface area contributed by atoms with Crippen molar-refractivity contribution in [1.82, 2.24) is 5.01 Å². The number of imide groups is 1. The SMILES string of the molecule is COc1cc(C=NN2C(=O)C3C4C=CC(C4)C3C2=O)cc([N+](=O)[O-])c1OCc1cccc(F)c1. The molecule has 0 spiro atoms. The van der Waals surface area contributed by atoms with Crippen LogP contribution in [-0.2, 0) is 16.2 Å². The Bertz CT molecular complexity index is 1230. The van der Waals surface area contributed by atoms with Gasteiger partial charge in [-0.15, -0.1) is 0 Å². The van der Waals surface area contributed by atoms with Gasteiger partial charge in [0.25, 0.3) is 11.8 Å². The predicted octanol–water partition coefficient (Wildman–Crippen LogP) is 3.46. The fourth-order valence-corrected chi connectivity index (χ4v) is 5.02. The number of nitro groups is 1. The fourth-order valence-electron chi connectivity index (χ4n) is 5.02. The molecule has 1 aliphatic heterocycles. The molecule has 174 valence electrons. The van der Waals surface area contributed by atoms with E-state index in [1.807, 2.05) is 12.2 Å². The molecule has 2 aromatic rings. The van der Waals surface area contributed by atoms with Gasteiger partial charge in [-0.3, -0.25) is 19.7 Å². The highest BCUT2D eigenvalue weighted by molar-refractivity contribution is 6.06. The smallest absolute Gasteiger partial charge is 0.315 e. The van der Waals surface area contributed by atoms with Crippen LogP contribution in [0.2, 0.25) is 0 Å². The lowest BCUT2D eigenvalue weighted by molar-refractivity contribution is -0.386. The summed E-state index contributed by atoms with van der Waals surface area (Å²) in [7, 11) is 1.33. The molecule has 2 fully saturated rings. The maximum atomic E-state index is 13.4. The van der Waals surface area contributed by atoms with E-state index in [-0.39, 0.29) is 59.2 Å². The number of fused-ring (bicyclic) bond motifs is 5. The van der Waals surface area contributed by atoms with Crippen LogP contribution in [0.3, 0.4) is 0 Å². The number of hydrogen-bond donors (Lipinski definition) is 0. The van der Waals surface area contributed by atoms with E-state index < -0.39 is 16.4 Å². The van der Waals surface area contributed by atoms with Crippen LogP contribution in [0.15, 0.2) is 53.7 Å². The van der Waals surface area contributed by atoms with Gasteiger partial charge in [-0.2, -0.15) is 10.1 Å². The summed E-state index contributed by atoms with van der Waals surface area (Å²) in [5, 5.41) is 16.7. The van der Waals surface area contributed by atoms with E-state index in [4.69, 9.17) is 9.47 Å². The van der Waals surface area contributed by atoms with Crippen molar-refractivity contribution in [3.8, 4) is 11.5 Å². The number of methoxy groups -OCH3 is 1. The van der Waals surface area contributed by atoms with E-state index in [9.17, 15) is 24.1 Å². The molecule has 0 N–H and O–H groups in total. The van der Waals surface area contributed by atoms with Gasteiger partial charge in [-0.1, -0.05) is 24.3 Å². The Labute approximate surface area is 193 Å². The van der Waals surface area contributed by atoms with Crippen LogP contribution in [0.1, 0.15) is 17.5 Å². The fraction of sp³-hybridized carbons (Fsp3) is 0.292. The third-order valence-electron chi connectivity index (χ3n) is 6.52. The lowest BCUT2D eigenvalue weighted by Crippen LogP contribution is -2.28. The second kappa shape index (κ2) is 8.36. The molecule has 0 radical (unpaired) electrons. The number of carbonyl (C=O) groups excluding carboxylic acids is 2. The zero-order valence-electron chi connectivity index (χ0n) is 18.1. The number of benzene rings is 2. The molecule has 5 rings (SSSR count). The number of hydrogen-bond acceptors (Lipinski definition) is 7. The molecule has 1 saturated carbocycles. The molecule has 2 bridgehead atoms. The van der Waals surface area contributed by atoms with E-state index >= 15 is 0 Å². The van der Waals surface area contributed by atoms with Crippen molar-refractivity contribution in [2.45, 2.75) is 13.0 Å². The largest absolute Gasteiger partial charge is 0.493 e. The van der Waals surface area contributed by atoms with E-state index in [2.05, 4.69) is 5.10 Å². The number of hydrazone groups is 1. The van der Waals surface area contributed by atoms with Gasteiger partial charge in [-0.05, 0) is 42.0 Å². The molecule has 1 saturated heterocycles. The van der Waals surface area contributed by atoms with Crippen molar-refractivity contribution in [2.24, 2.45) is 28.8 Å². The average Bonchev–Trinajstić information content (AvgIpc) is 3.50. The van der Waals surface area contributed by atoms with Crippen molar-refractivity contribution in [3.63, 3.8) is 0 Å². The summed E-state index contributed by atoms with van der Waals surface area (Å²) < 4.78 is 24.3. The van der Waals surface area contributed by atoms with Gasteiger partial charge in [0.15, 0.2) is 5.75 Å². The highest BCUT2D eigenvalue weighted by atomic mass is 19.1. The van der Waals surface area contributed by atoms with Crippen LogP contribution in [0, 0.1) is 39.6 Å². The maximum Gasteiger partial charge on any atom is 0.315 e. The van der Waals surface area contributed by atoms with E-state index in [0.29, 0.717) is 5.56 Å². The second-order valence-electron chi connectivity index (χ2n) is 8.48. The molecule has 3 aliphatic rings. The Morgan fingerprint density at radius 3 is 2.50 bits per heavy atom. The third-order valence-corrected chi connectivity index (χ3v) is 6.52. The van der Waals surface area contributed by atoms with Crippen LogP contribution in [0.5, 0.6) is 11.5 Å². The van der Waals surface area contributed by atoms with E-state index in [1.165, 1.54) is 43.7 Å². The number of nitrogens with zero attached hydrogens (tertiary/aromatic N) is 3. The normalized spacial score (nSPS) is 24.8. The Balaban J connectivity index is 1.40. The van der Waals surface area contributed by atoms with Crippen LogP contribution in [0.4, 0.5) is 10.1 Å². The maximum absolute atomic E-state index is 13.4. The number of ether oxygens (including phenoxy) is 2.